The van der Waals surface area contributed by atoms with Gasteiger partial charge in [0.1, 0.15) is 0 Å². The number of rotatable bonds is 5. The van der Waals surface area contributed by atoms with E-state index in [4.69, 9.17) is 9.97 Å². The van der Waals surface area contributed by atoms with Crippen molar-refractivity contribution in [2.75, 3.05) is 0 Å². The first-order valence-electron chi connectivity index (χ1n) is 15.5. The summed E-state index contributed by atoms with van der Waals surface area (Å²) < 4.78 is 10.7. The number of aromatic nitrogens is 7. The molecule has 10 rings (SSSR count). The number of hydrogen-bond acceptors (Lipinski definition) is 2. The predicted molar refractivity (Wildman–Crippen MR) is 185 cm³/mol. The number of imidazole rings is 4. The summed E-state index contributed by atoms with van der Waals surface area (Å²) in [6.45, 7) is 0. The maximum Gasteiger partial charge on any atom is 2.00 e. The summed E-state index contributed by atoms with van der Waals surface area (Å²) in [6.07, 6.45) is 12.1. The molecule has 0 fully saturated rings. The Bertz CT molecular complexity index is 2740. The molecule has 0 atom stereocenters. The van der Waals surface area contributed by atoms with Gasteiger partial charge in [0.2, 0.25) is 11.6 Å². The Kier molecular flexibility index (Phi) is 6.56. The van der Waals surface area contributed by atoms with E-state index in [0.717, 1.165) is 72.9 Å². The third kappa shape index (κ3) is 4.25. The molecule has 5 aromatic carbocycles. The molecule has 8 heteroatoms. The molecule has 0 spiro atoms. The molecule has 0 unspecified atom stereocenters. The minimum Gasteiger partial charge on any atom is -0.358 e. The van der Waals surface area contributed by atoms with E-state index in [9.17, 15) is 0 Å². The molecule has 0 aliphatic rings. The van der Waals surface area contributed by atoms with Gasteiger partial charge in [-0.2, -0.15) is 12.1 Å². The van der Waals surface area contributed by atoms with E-state index in [1.54, 1.807) is 0 Å². The summed E-state index contributed by atoms with van der Waals surface area (Å²) in [5.41, 5.74) is 9.16. The van der Waals surface area contributed by atoms with Crippen LogP contribution in [0.5, 0.6) is 0 Å². The normalized spacial score (nSPS) is 11.6. The molecule has 48 heavy (non-hydrogen) atoms. The second kappa shape index (κ2) is 11.1. The number of hydrogen-bond donors (Lipinski definition) is 0. The third-order valence-electron chi connectivity index (χ3n) is 8.95. The summed E-state index contributed by atoms with van der Waals surface area (Å²) >= 11 is 0. The third-order valence-corrected chi connectivity index (χ3v) is 8.95. The van der Waals surface area contributed by atoms with Crippen LogP contribution in [0.1, 0.15) is 0 Å². The van der Waals surface area contributed by atoms with E-state index in [1.165, 1.54) is 0 Å². The van der Waals surface area contributed by atoms with Crippen molar-refractivity contribution in [3.8, 4) is 39.6 Å². The topological polar surface area (TPSA) is 49.4 Å². The molecule has 5 aromatic heterocycles. The number of benzene rings is 5. The summed E-state index contributed by atoms with van der Waals surface area (Å²) in [5, 5.41) is 2.29. The van der Waals surface area contributed by atoms with E-state index in [1.807, 2.05) is 55.0 Å². The molecule has 0 aliphatic carbocycles. The first kappa shape index (κ1) is 28.3. The van der Waals surface area contributed by atoms with Gasteiger partial charge >= 0.3 is 21.1 Å². The van der Waals surface area contributed by atoms with Crippen LogP contribution in [0, 0.1) is 12.1 Å². The smallest absolute Gasteiger partial charge is 0.358 e. The largest absolute Gasteiger partial charge is 2.00 e. The van der Waals surface area contributed by atoms with Crippen molar-refractivity contribution in [2.24, 2.45) is 0 Å². The molecule has 7 nitrogen and oxygen atoms in total. The Morgan fingerprint density at radius 1 is 0.458 bits per heavy atom. The van der Waals surface area contributed by atoms with Crippen molar-refractivity contribution >= 4 is 33.4 Å². The quantitative estimate of drug-likeness (QED) is 0.164. The van der Waals surface area contributed by atoms with Crippen molar-refractivity contribution < 1.29 is 21.1 Å². The molecule has 5 heterocycles. The molecule has 0 bridgehead atoms. The van der Waals surface area contributed by atoms with Crippen LogP contribution in [0.4, 0.5) is 0 Å². The van der Waals surface area contributed by atoms with Gasteiger partial charge in [0.05, 0.1) is 23.8 Å². The molecular weight excluding hydrogens is 774 g/mol. The van der Waals surface area contributed by atoms with Crippen LogP contribution < -0.4 is 0 Å². The summed E-state index contributed by atoms with van der Waals surface area (Å²) in [4.78, 5) is 9.59. The number of nitrogens with zero attached hydrogens (tertiary/aromatic N) is 7. The minimum atomic E-state index is 0. The standard InChI is InChI=1S/C40H25N7.Pt/c1-3-10-28(11-4-1)37-26-41-39-43(20-22-45(37)39)30-14-9-15-32(24-30)47-35-17-8-7-16-33(35)34-19-18-31(25-36(34)47)44-21-23-46-38(27-42-40(44)46)29-12-5-2-6-13-29;/h1-23,26-27H;/q-2;+2. The zero-order chi connectivity index (χ0) is 30.9. The Labute approximate surface area is 289 Å². The van der Waals surface area contributed by atoms with E-state index in [2.05, 4.69) is 132 Å². The van der Waals surface area contributed by atoms with Crippen LogP contribution in [0.2, 0.25) is 0 Å². The van der Waals surface area contributed by atoms with E-state index in [-0.39, 0.29) is 21.1 Å². The van der Waals surface area contributed by atoms with Crippen molar-refractivity contribution in [2.45, 2.75) is 0 Å². The summed E-state index contributed by atoms with van der Waals surface area (Å²) in [5.74, 6) is 1.67. The van der Waals surface area contributed by atoms with Crippen LogP contribution in [-0.4, -0.2) is 32.5 Å². The van der Waals surface area contributed by atoms with Crippen molar-refractivity contribution in [1.29, 1.82) is 0 Å². The molecule has 0 amide bonds. The Balaban J connectivity index is 0.00000314. The number of fused-ring (bicyclic) bond motifs is 5. The minimum absolute atomic E-state index is 0. The number of para-hydroxylation sites is 1. The molecule has 0 aliphatic heterocycles. The molecule has 230 valence electrons. The zero-order valence-corrected chi connectivity index (χ0v) is 27.7. The van der Waals surface area contributed by atoms with Gasteiger partial charge < -0.3 is 13.7 Å². The maximum atomic E-state index is 4.80. The zero-order valence-electron chi connectivity index (χ0n) is 25.4. The Morgan fingerprint density at radius 3 is 1.67 bits per heavy atom. The van der Waals surface area contributed by atoms with Gasteiger partial charge in [0.15, 0.2) is 0 Å². The van der Waals surface area contributed by atoms with E-state index in [0.29, 0.717) is 0 Å². The summed E-state index contributed by atoms with van der Waals surface area (Å²) in [6, 6.07) is 47.2. The fraction of sp³-hybridized carbons (Fsp3) is 0. The van der Waals surface area contributed by atoms with E-state index < -0.39 is 0 Å². The SMILES string of the molecule is [Pt+2].[c-]1c(-n2ccn3c(-c4ccccc4)cnc23)cccc1-n1c2[c-]c(-n3ccn4c(-c5ccccc5)cnc34)ccc2c2ccccc21. The van der Waals surface area contributed by atoms with Crippen molar-refractivity contribution in [3.63, 3.8) is 0 Å². The van der Waals surface area contributed by atoms with Gasteiger partial charge in [-0.05, 0) is 11.5 Å². The van der Waals surface area contributed by atoms with Crippen LogP contribution >= 0.6 is 0 Å². The fourth-order valence-electron chi connectivity index (χ4n) is 6.76. The van der Waals surface area contributed by atoms with Gasteiger partial charge in [0, 0.05) is 41.4 Å². The summed E-state index contributed by atoms with van der Waals surface area (Å²) in [7, 11) is 0. The van der Waals surface area contributed by atoms with Crippen molar-refractivity contribution in [3.05, 3.63) is 165 Å². The van der Waals surface area contributed by atoms with Crippen molar-refractivity contribution in [1.82, 2.24) is 32.5 Å². The van der Waals surface area contributed by atoms with E-state index >= 15 is 0 Å². The average molecular weight is 799 g/mol. The monoisotopic (exact) mass is 798 g/mol. The Morgan fingerprint density at radius 2 is 1.02 bits per heavy atom. The molecule has 0 saturated heterocycles. The van der Waals surface area contributed by atoms with Gasteiger partial charge in [-0.1, -0.05) is 101 Å². The van der Waals surface area contributed by atoms with Crippen LogP contribution in [0.15, 0.2) is 152 Å². The van der Waals surface area contributed by atoms with Crippen LogP contribution in [0.25, 0.3) is 72.9 Å². The van der Waals surface area contributed by atoms with Gasteiger partial charge in [-0.15, -0.1) is 35.7 Å². The second-order valence-electron chi connectivity index (χ2n) is 11.6. The maximum absolute atomic E-state index is 4.80. The molecule has 0 radical (unpaired) electrons. The predicted octanol–water partition coefficient (Wildman–Crippen LogP) is 8.59. The van der Waals surface area contributed by atoms with Gasteiger partial charge in [0.25, 0.3) is 0 Å². The average Bonchev–Trinajstić information content (AvgIpc) is 3.95. The second-order valence-corrected chi connectivity index (χ2v) is 11.6. The molecule has 0 N–H and O–H groups in total. The van der Waals surface area contributed by atoms with Gasteiger partial charge in [-0.25, -0.2) is 9.97 Å². The first-order valence-corrected chi connectivity index (χ1v) is 15.5. The molecule has 0 saturated carbocycles. The van der Waals surface area contributed by atoms with Gasteiger partial charge in [-0.3, -0.25) is 8.80 Å². The Hall–Kier alpha value is -5.91. The molecule has 10 aromatic rings. The van der Waals surface area contributed by atoms with Crippen LogP contribution in [0.3, 0.4) is 0 Å². The van der Waals surface area contributed by atoms with Crippen LogP contribution in [-0.2, 0) is 21.1 Å². The fourth-order valence-corrected chi connectivity index (χ4v) is 6.76. The first-order chi connectivity index (χ1) is 23.3. The molecular formula is C40H25N7Pt.